The van der Waals surface area contributed by atoms with Crippen molar-refractivity contribution < 1.29 is 32.4 Å². The van der Waals surface area contributed by atoms with E-state index in [1.807, 2.05) is 0 Å². The molecule has 1 atom stereocenters. The molecule has 3 aromatic rings. The highest BCUT2D eigenvalue weighted by Crippen LogP contribution is 2.46. The number of nitrogens with zero attached hydrogens (tertiary/aromatic N) is 7. The summed E-state index contributed by atoms with van der Waals surface area (Å²) in [6.07, 6.45) is 0.982. The number of aryl methyl sites for hydroxylation is 1. The van der Waals surface area contributed by atoms with Crippen LogP contribution in [0.5, 0.6) is 0 Å². The fourth-order valence-corrected chi connectivity index (χ4v) is 4.47. The summed E-state index contributed by atoms with van der Waals surface area (Å²) in [6, 6.07) is 0.918. The van der Waals surface area contributed by atoms with Crippen LogP contribution in [0.3, 0.4) is 0 Å². The van der Waals surface area contributed by atoms with Gasteiger partial charge in [-0.25, -0.2) is 25.3 Å². The number of hydrogen-bond acceptors (Lipinski definition) is 11. The van der Waals surface area contributed by atoms with Crippen molar-refractivity contribution in [2.24, 2.45) is 4.99 Å². The van der Waals surface area contributed by atoms with E-state index < -0.39 is 35.3 Å². The molecule has 0 saturated heterocycles. The zero-order valence-corrected chi connectivity index (χ0v) is 22.6. The highest BCUT2D eigenvalue weighted by molar-refractivity contribution is 6.06. The third kappa shape index (κ3) is 5.37. The monoisotopic (exact) mass is 586 g/mol. The highest BCUT2D eigenvalue weighted by atomic mass is 19.4. The number of nitrogens with one attached hydrogen (secondary N) is 3. The number of imide groups is 1. The molecule has 0 aromatic carbocycles. The number of hydrogen-bond donors (Lipinski definition) is 3. The Hall–Kier alpha value is -4.93. The van der Waals surface area contributed by atoms with E-state index in [1.54, 1.807) is 6.92 Å². The fraction of sp³-hybridized carbons (Fsp3) is 0.360. The molecule has 17 heteroatoms. The molecule has 4 heterocycles. The Bertz CT molecular complexity index is 1580. The first-order valence-electron chi connectivity index (χ1n) is 12.6. The lowest BCUT2D eigenvalue weighted by atomic mass is 10.1. The van der Waals surface area contributed by atoms with Crippen LogP contribution in [-0.4, -0.2) is 73.3 Å². The van der Waals surface area contributed by atoms with E-state index in [2.05, 4.69) is 41.0 Å². The molecule has 1 aliphatic heterocycles. The normalized spacial score (nSPS) is 17.2. The lowest BCUT2D eigenvalue weighted by molar-refractivity contribution is -0.138. The Morgan fingerprint density at radius 3 is 2.64 bits per heavy atom. The maximum atomic E-state index is 13.6. The number of aliphatic imine (C=N–C) groups is 1. The molecule has 5 rings (SSSR count). The summed E-state index contributed by atoms with van der Waals surface area (Å²) >= 11 is 0. The molecule has 0 radical (unpaired) electrons. The predicted molar refractivity (Wildman–Crippen MR) is 141 cm³/mol. The van der Waals surface area contributed by atoms with Gasteiger partial charge < -0.3 is 15.2 Å². The van der Waals surface area contributed by atoms with Crippen LogP contribution in [0, 0.1) is 6.92 Å². The highest BCUT2D eigenvalue weighted by Gasteiger charge is 2.54. The second-order valence-electron chi connectivity index (χ2n) is 9.63. The van der Waals surface area contributed by atoms with Gasteiger partial charge >= 0.3 is 6.18 Å². The van der Waals surface area contributed by atoms with Gasteiger partial charge in [0.1, 0.15) is 11.4 Å². The van der Waals surface area contributed by atoms with E-state index in [0.717, 1.165) is 11.0 Å². The van der Waals surface area contributed by atoms with E-state index in [-0.39, 0.29) is 46.7 Å². The summed E-state index contributed by atoms with van der Waals surface area (Å²) in [5.41, 5.74) is 0.315. The minimum Gasteiger partial charge on any atom is -0.371 e. The lowest BCUT2D eigenvalue weighted by Crippen LogP contribution is -2.41. The lowest BCUT2D eigenvalue weighted by Gasteiger charge is -2.22. The predicted octanol–water partition coefficient (Wildman–Crippen LogP) is 2.11. The summed E-state index contributed by atoms with van der Waals surface area (Å²) < 4.78 is 41.6. The van der Waals surface area contributed by atoms with Gasteiger partial charge in [0.2, 0.25) is 6.41 Å². The van der Waals surface area contributed by atoms with Crippen molar-refractivity contribution in [2.75, 3.05) is 24.2 Å². The van der Waals surface area contributed by atoms with Crippen LogP contribution in [0.4, 0.5) is 24.8 Å². The van der Waals surface area contributed by atoms with Crippen LogP contribution in [0.15, 0.2) is 36.0 Å². The Kier molecular flexibility index (Phi) is 7.36. The molecule has 3 N–H and O–H groups in total. The van der Waals surface area contributed by atoms with E-state index in [4.69, 9.17) is 4.84 Å². The van der Waals surface area contributed by atoms with Gasteiger partial charge in [0.25, 0.3) is 11.8 Å². The molecule has 1 saturated carbocycles. The molecule has 1 aliphatic carbocycles. The largest absolute Gasteiger partial charge is 0.418 e. The van der Waals surface area contributed by atoms with E-state index in [9.17, 15) is 27.6 Å². The Labute approximate surface area is 236 Å². The van der Waals surface area contributed by atoms with Crippen molar-refractivity contribution in [1.29, 1.82) is 0 Å². The van der Waals surface area contributed by atoms with E-state index >= 15 is 0 Å². The van der Waals surface area contributed by atoms with Gasteiger partial charge in [-0.15, -0.1) is 0 Å². The maximum absolute atomic E-state index is 13.6. The number of aromatic nitrogens is 5. The first kappa shape index (κ1) is 28.6. The molecule has 0 bridgehead atoms. The first-order chi connectivity index (χ1) is 20.0. The van der Waals surface area contributed by atoms with Gasteiger partial charge in [0, 0.05) is 24.5 Å². The molecule has 1 fully saturated rings. The average molecular weight is 587 g/mol. The number of carbonyl (C=O) groups is 3. The molecule has 0 spiro atoms. The van der Waals surface area contributed by atoms with Crippen LogP contribution >= 0.6 is 0 Å². The number of rotatable bonds is 9. The molecule has 14 nitrogen and oxygen atoms in total. The minimum absolute atomic E-state index is 0.0197. The zero-order chi connectivity index (χ0) is 30.2. The number of hydroxylamine groups is 1. The van der Waals surface area contributed by atoms with Gasteiger partial charge in [-0.05, 0) is 32.8 Å². The number of anilines is 2. The van der Waals surface area contributed by atoms with Crippen molar-refractivity contribution in [3.8, 4) is 11.3 Å². The van der Waals surface area contributed by atoms with Crippen molar-refractivity contribution in [2.45, 2.75) is 44.6 Å². The number of amidine groups is 1. The molecular weight excluding hydrogens is 561 g/mol. The fourth-order valence-electron chi connectivity index (χ4n) is 4.47. The van der Waals surface area contributed by atoms with Crippen LogP contribution in [0.25, 0.3) is 11.3 Å². The third-order valence-electron chi connectivity index (χ3n) is 6.77. The molecular formula is C25H25F3N10O4. The number of pyridine rings is 1. The minimum atomic E-state index is -4.61. The standard InChI is InChI=1S/C25H25F3N10O4/c1-13-16(25(26,27)28)6-15(7-31-13)17-8-30-9-18(34-17)35-23(41)24(4-5-24)38-11-32-21(29-3)20(38)22(40)37(12-39)10-19-33-14(2)42-36-19/h6-9,11-12,14,29H,4-5,10H2,1-3H3,(H,33,36)(H,34,35,41). The summed E-state index contributed by atoms with van der Waals surface area (Å²) in [4.78, 5) is 65.4. The average Bonchev–Trinajstić information content (AvgIpc) is 3.48. The molecule has 42 heavy (non-hydrogen) atoms. The van der Waals surface area contributed by atoms with Gasteiger partial charge in [0.15, 0.2) is 23.6 Å². The smallest absolute Gasteiger partial charge is 0.371 e. The Morgan fingerprint density at radius 1 is 1.26 bits per heavy atom. The van der Waals surface area contributed by atoms with Crippen molar-refractivity contribution in [3.05, 3.63) is 47.9 Å². The van der Waals surface area contributed by atoms with Gasteiger partial charge in [-0.1, -0.05) is 0 Å². The zero-order valence-electron chi connectivity index (χ0n) is 22.6. The summed E-state index contributed by atoms with van der Waals surface area (Å²) in [7, 11) is 1.54. The number of halogens is 3. The van der Waals surface area contributed by atoms with Crippen molar-refractivity contribution in [1.82, 2.24) is 34.9 Å². The van der Waals surface area contributed by atoms with Gasteiger partial charge in [0.05, 0.1) is 36.5 Å². The summed E-state index contributed by atoms with van der Waals surface area (Å²) in [5.74, 6) is -0.893. The summed E-state index contributed by atoms with van der Waals surface area (Å²) in [5, 5.41) is 5.45. The van der Waals surface area contributed by atoms with Crippen LogP contribution in [-0.2, 0) is 26.1 Å². The van der Waals surface area contributed by atoms with E-state index in [0.29, 0.717) is 19.3 Å². The first-order valence-corrected chi connectivity index (χ1v) is 12.6. The number of carbonyl (C=O) groups excluding carboxylic acids is 3. The van der Waals surface area contributed by atoms with E-state index in [1.165, 1.54) is 43.5 Å². The molecule has 3 amide bonds. The molecule has 3 aromatic heterocycles. The quantitative estimate of drug-likeness (QED) is 0.316. The van der Waals surface area contributed by atoms with Gasteiger partial charge in [-0.2, -0.15) is 13.2 Å². The topological polar surface area (TPSA) is 169 Å². The molecule has 2 aliphatic rings. The molecule has 220 valence electrons. The van der Waals surface area contributed by atoms with Crippen molar-refractivity contribution in [3.63, 3.8) is 0 Å². The van der Waals surface area contributed by atoms with Crippen LogP contribution < -0.4 is 16.1 Å². The Balaban J connectivity index is 1.40. The SMILES string of the molecule is CNc1ncn(C2(C(=O)Nc3cncc(-c4cnc(C)c(C(F)(F)F)c4)n3)CC2)c1C(=O)N(C=O)CC1=NC(C)ON1. The third-order valence-corrected chi connectivity index (χ3v) is 6.77. The van der Waals surface area contributed by atoms with Crippen molar-refractivity contribution >= 4 is 35.7 Å². The van der Waals surface area contributed by atoms with Gasteiger partial charge in [-0.3, -0.25) is 29.3 Å². The number of amides is 3. The van der Waals surface area contributed by atoms with Crippen LogP contribution in [0.1, 0.15) is 41.5 Å². The Morgan fingerprint density at radius 2 is 2.02 bits per heavy atom. The second-order valence-corrected chi connectivity index (χ2v) is 9.63. The maximum Gasteiger partial charge on any atom is 0.418 e. The number of alkyl halides is 3. The van der Waals surface area contributed by atoms with Crippen LogP contribution in [0.2, 0.25) is 0 Å². The molecule has 1 unspecified atom stereocenters. The number of imidazole rings is 1. The summed E-state index contributed by atoms with van der Waals surface area (Å²) in [6.45, 7) is 2.72. The second kappa shape index (κ2) is 10.8.